The number of aryl methyl sites for hydroxylation is 1. The van der Waals surface area contributed by atoms with Gasteiger partial charge < -0.3 is 14.9 Å². The summed E-state index contributed by atoms with van der Waals surface area (Å²) in [6.07, 6.45) is 0. The summed E-state index contributed by atoms with van der Waals surface area (Å²) in [7, 11) is 1.77. The highest BCUT2D eigenvalue weighted by atomic mass is 16.5. The third kappa shape index (κ3) is 5.46. The van der Waals surface area contributed by atoms with Gasteiger partial charge in [-0.1, -0.05) is 5.16 Å². The van der Waals surface area contributed by atoms with Crippen LogP contribution in [0, 0.1) is 6.92 Å². The predicted octanol–water partition coefficient (Wildman–Crippen LogP) is 0.624. The minimum Gasteiger partial charge on any atom is -0.389 e. The number of rotatable bonds is 5. The second-order valence-corrected chi connectivity index (χ2v) is 4.86. The molecule has 0 saturated heterocycles. The Kier molecular flexibility index (Phi) is 4.25. The average Bonchev–Trinajstić information content (AvgIpc) is 2.46. The SMILES string of the molecule is Cc1cc(NC(=O)CN(C)CC(C)(C)O)no1. The van der Waals surface area contributed by atoms with Crippen molar-refractivity contribution in [2.45, 2.75) is 26.4 Å². The van der Waals surface area contributed by atoms with E-state index in [2.05, 4.69) is 10.5 Å². The van der Waals surface area contributed by atoms with Gasteiger partial charge in [-0.05, 0) is 27.8 Å². The van der Waals surface area contributed by atoms with Crippen LogP contribution in [0.1, 0.15) is 19.6 Å². The Labute approximate surface area is 101 Å². The van der Waals surface area contributed by atoms with Gasteiger partial charge >= 0.3 is 0 Å². The lowest BCUT2D eigenvalue weighted by molar-refractivity contribution is -0.117. The zero-order valence-electron chi connectivity index (χ0n) is 10.6. The molecule has 0 unspecified atom stereocenters. The lowest BCUT2D eigenvalue weighted by Gasteiger charge is -2.24. The molecule has 1 heterocycles. The lowest BCUT2D eigenvalue weighted by atomic mass is 10.1. The van der Waals surface area contributed by atoms with Crippen molar-refractivity contribution in [2.24, 2.45) is 0 Å². The van der Waals surface area contributed by atoms with Crippen LogP contribution in [0.2, 0.25) is 0 Å². The summed E-state index contributed by atoms with van der Waals surface area (Å²) < 4.78 is 4.83. The number of amides is 1. The Balaban J connectivity index is 2.39. The van der Waals surface area contributed by atoms with Crippen LogP contribution in [0.3, 0.4) is 0 Å². The van der Waals surface area contributed by atoms with E-state index in [1.54, 1.807) is 38.8 Å². The van der Waals surface area contributed by atoms with Crippen LogP contribution in [-0.4, -0.2) is 46.8 Å². The molecule has 0 radical (unpaired) electrons. The van der Waals surface area contributed by atoms with Gasteiger partial charge in [-0.25, -0.2) is 0 Å². The van der Waals surface area contributed by atoms with E-state index in [9.17, 15) is 9.90 Å². The number of carbonyl (C=O) groups excluding carboxylic acids is 1. The molecule has 0 aromatic carbocycles. The minimum absolute atomic E-state index is 0.190. The standard InChI is InChI=1S/C11H19N3O3/c1-8-5-9(13-17-8)12-10(15)6-14(4)7-11(2,3)16/h5,16H,6-7H2,1-4H3,(H,12,13,15). The molecule has 1 rings (SSSR count). The molecule has 17 heavy (non-hydrogen) atoms. The number of hydrogen-bond donors (Lipinski definition) is 2. The summed E-state index contributed by atoms with van der Waals surface area (Å²) in [5, 5.41) is 15.9. The number of carbonyl (C=O) groups is 1. The summed E-state index contributed by atoms with van der Waals surface area (Å²) >= 11 is 0. The summed E-state index contributed by atoms with van der Waals surface area (Å²) in [6, 6.07) is 1.65. The van der Waals surface area contributed by atoms with E-state index < -0.39 is 5.60 Å². The van der Waals surface area contributed by atoms with Gasteiger partial charge in [-0.2, -0.15) is 0 Å². The van der Waals surface area contributed by atoms with Crippen molar-refractivity contribution in [1.29, 1.82) is 0 Å². The first-order valence-corrected chi connectivity index (χ1v) is 5.40. The Morgan fingerprint density at radius 3 is 2.76 bits per heavy atom. The maximum absolute atomic E-state index is 11.6. The van der Waals surface area contributed by atoms with Crippen molar-refractivity contribution in [2.75, 3.05) is 25.5 Å². The number of aliphatic hydroxyl groups is 1. The number of hydrogen-bond acceptors (Lipinski definition) is 5. The van der Waals surface area contributed by atoms with Crippen LogP contribution in [0.25, 0.3) is 0 Å². The molecule has 0 aliphatic carbocycles. The third-order valence-electron chi connectivity index (χ3n) is 1.97. The second kappa shape index (κ2) is 5.29. The zero-order chi connectivity index (χ0) is 13.1. The van der Waals surface area contributed by atoms with Crippen molar-refractivity contribution >= 4 is 11.7 Å². The number of aromatic nitrogens is 1. The molecular weight excluding hydrogens is 222 g/mol. The fraction of sp³-hybridized carbons (Fsp3) is 0.636. The van der Waals surface area contributed by atoms with Gasteiger partial charge in [0.25, 0.3) is 0 Å². The summed E-state index contributed by atoms with van der Waals surface area (Å²) in [5.74, 6) is 0.861. The van der Waals surface area contributed by atoms with Crippen LogP contribution in [0.5, 0.6) is 0 Å². The van der Waals surface area contributed by atoms with E-state index >= 15 is 0 Å². The summed E-state index contributed by atoms with van der Waals surface area (Å²) in [5.41, 5.74) is -0.820. The molecule has 1 aromatic rings. The van der Waals surface area contributed by atoms with Crippen molar-refractivity contribution in [1.82, 2.24) is 10.1 Å². The van der Waals surface area contributed by atoms with E-state index in [-0.39, 0.29) is 12.5 Å². The Morgan fingerprint density at radius 2 is 2.29 bits per heavy atom. The first-order valence-electron chi connectivity index (χ1n) is 5.40. The fourth-order valence-electron chi connectivity index (χ4n) is 1.57. The molecule has 1 amide bonds. The molecule has 6 heteroatoms. The maximum Gasteiger partial charge on any atom is 0.239 e. The Hall–Kier alpha value is -1.40. The molecular formula is C11H19N3O3. The topological polar surface area (TPSA) is 78.6 Å². The molecule has 0 aliphatic heterocycles. The molecule has 0 bridgehead atoms. The van der Waals surface area contributed by atoms with Crippen molar-refractivity contribution in [3.63, 3.8) is 0 Å². The molecule has 0 spiro atoms. The van der Waals surface area contributed by atoms with Gasteiger partial charge in [0.1, 0.15) is 5.76 Å². The molecule has 0 atom stereocenters. The Bertz CT molecular complexity index is 382. The monoisotopic (exact) mass is 241 g/mol. The van der Waals surface area contributed by atoms with E-state index in [1.807, 2.05) is 0 Å². The molecule has 0 aliphatic rings. The molecule has 6 nitrogen and oxygen atoms in total. The molecule has 0 saturated carbocycles. The highest BCUT2D eigenvalue weighted by Crippen LogP contribution is 2.07. The smallest absolute Gasteiger partial charge is 0.239 e. The zero-order valence-corrected chi connectivity index (χ0v) is 10.6. The normalized spacial score (nSPS) is 11.9. The van der Waals surface area contributed by atoms with Gasteiger partial charge in [-0.15, -0.1) is 0 Å². The molecule has 96 valence electrons. The summed E-state index contributed by atoms with van der Waals surface area (Å²) in [6.45, 7) is 5.75. The Morgan fingerprint density at radius 1 is 1.65 bits per heavy atom. The predicted molar refractivity (Wildman–Crippen MR) is 63.7 cm³/mol. The first kappa shape index (κ1) is 13.7. The summed E-state index contributed by atoms with van der Waals surface area (Å²) in [4.78, 5) is 13.3. The quantitative estimate of drug-likeness (QED) is 0.790. The number of nitrogens with one attached hydrogen (secondary N) is 1. The number of nitrogens with zero attached hydrogens (tertiary/aromatic N) is 2. The molecule has 1 aromatic heterocycles. The van der Waals surface area contributed by atoms with Gasteiger partial charge in [-0.3, -0.25) is 9.69 Å². The molecule has 0 fully saturated rings. The van der Waals surface area contributed by atoms with Crippen LogP contribution < -0.4 is 5.32 Å². The van der Waals surface area contributed by atoms with E-state index in [4.69, 9.17) is 4.52 Å². The van der Waals surface area contributed by atoms with Crippen molar-refractivity contribution in [3.8, 4) is 0 Å². The van der Waals surface area contributed by atoms with E-state index in [1.165, 1.54) is 0 Å². The highest BCUT2D eigenvalue weighted by Gasteiger charge is 2.17. The van der Waals surface area contributed by atoms with Crippen LogP contribution in [-0.2, 0) is 4.79 Å². The molecule has 2 N–H and O–H groups in total. The van der Waals surface area contributed by atoms with E-state index in [0.717, 1.165) is 0 Å². The van der Waals surface area contributed by atoms with Gasteiger partial charge in [0, 0.05) is 12.6 Å². The lowest BCUT2D eigenvalue weighted by Crippen LogP contribution is -2.40. The second-order valence-electron chi connectivity index (χ2n) is 4.86. The van der Waals surface area contributed by atoms with Crippen molar-refractivity contribution in [3.05, 3.63) is 11.8 Å². The highest BCUT2D eigenvalue weighted by molar-refractivity contribution is 5.91. The maximum atomic E-state index is 11.6. The van der Waals surface area contributed by atoms with Crippen LogP contribution in [0.15, 0.2) is 10.6 Å². The average molecular weight is 241 g/mol. The van der Waals surface area contributed by atoms with Crippen molar-refractivity contribution < 1.29 is 14.4 Å². The number of anilines is 1. The number of likely N-dealkylation sites (N-methyl/N-ethyl adjacent to an activating group) is 1. The van der Waals surface area contributed by atoms with Crippen LogP contribution in [0.4, 0.5) is 5.82 Å². The minimum atomic E-state index is -0.820. The van der Waals surface area contributed by atoms with Gasteiger partial charge in [0.15, 0.2) is 5.82 Å². The van der Waals surface area contributed by atoms with Gasteiger partial charge in [0.2, 0.25) is 5.91 Å². The largest absolute Gasteiger partial charge is 0.389 e. The third-order valence-corrected chi connectivity index (χ3v) is 1.97. The van der Waals surface area contributed by atoms with Crippen LogP contribution >= 0.6 is 0 Å². The fourth-order valence-corrected chi connectivity index (χ4v) is 1.57. The van der Waals surface area contributed by atoms with E-state index in [0.29, 0.717) is 18.1 Å². The first-order chi connectivity index (χ1) is 7.76. The van der Waals surface area contributed by atoms with Gasteiger partial charge in [0.05, 0.1) is 12.1 Å².